The van der Waals surface area contributed by atoms with Gasteiger partial charge in [0.15, 0.2) is 0 Å². The number of hydrogen-bond donors (Lipinski definition) is 0. The summed E-state index contributed by atoms with van der Waals surface area (Å²) in [4.78, 5) is 26.2. The van der Waals surface area contributed by atoms with E-state index in [0.29, 0.717) is 17.6 Å². The van der Waals surface area contributed by atoms with Gasteiger partial charge in [0, 0.05) is 31.5 Å². The van der Waals surface area contributed by atoms with Crippen LogP contribution in [0.4, 0.5) is 11.6 Å². The molecule has 0 N–H and O–H groups in total. The first-order valence-electron chi connectivity index (χ1n) is 9.20. The van der Waals surface area contributed by atoms with E-state index in [1.807, 2.05) is 23.1 Å². The van der Waals surface area contributed by atoms with E-state index in [2.05, 4.69) is 27.9 Å². The Kier molecular flexibility index (Phi) is 4.38. The molecule has 1 aromatic heterocycles. The number of aromatic nitrogens is 2. The third-order valence-corrected chi connectivity index (χ3v) is 5.16. The molecular weight excluding hydrogens is 312 g/mol. The Labute approximate surface area is 148 Å². The Hall–Kier alpha value is -2.43. The quantitative estimate of drug-likeness (QED) is 0.844. The molecule has 130 valence electrons. The number of amides is 1. The Morgan fingerprint density at radius 2 is 2.04 bits per heavy atom. The van der Waals surface area contributed by atoms with Crippen LogP contribution >= 0.6 is 0 Å². The molecule has 1 aromatic carbocycles. The summed E-state index contributed by atoms with van der Waals surface area (Å²) in [7, 11) is 0. The van der Waals surface area contributed by atoms with Crippen LogP contribution in [0.2, 0.25) is 0 Å². The number of hydrogen-bond acceptors (Lipinski definition) is 4. The number of piperidine rings is 1. The van der Waals surface area contributed by atoms with Crippen molar-refractivity contribution in [1.82, 2.24) is 9.97 Å². The highest BCUT2D eigenvalue weighted by Gasteiger charge is 2.25. The van der Waals surface area contributed by atoms with Gasteiger partial charge in [-0.3, -0.25) is 4.79 Å². The van der Waals surface area contributed by atoms with Crippen molar-refractivity contribution >= 4 is 17.5 Å². The zero-order valence-electron chi connectivity index (χ0n) is 14.7. The first-order chi connectivity index (χ1) is 12.2. The van der Waals surface area contributed by atoms with Crippen LogP contribution in [0.1, 0.15) is 42.2 Å². The second kappa shape index (κ2) is 6.82. The molecule has 1 fully saturated rings. The first-order valence-corrected chi connectivity index (χ1v) is 9.20. The molecule has 0 radical (unpaired) electrons. The number of benzene rings is 1. The van der Waals surface area contributed by atoms with Gasteiger partial charge < -0.3 is 9.80 Å². The number of rotatable bonds is 2. The standard InChI is InChI=1S/C20H24N4O/c1-15-6-4-12-23(14-15)20-21-11-10-17(22-20)19(25)24-13-5-8-16-7-2-3-9-18(16)24/h2-3,7,9-11,15H,4-6,8,12-14H2,1H3. The summed E-state index contributed by atoms with van der Waals surface area (Å²) in [5, 5.41) is 0. The van der Waals surface area contributed by atoms with Gasteiger partial charge in [-0.1, -0.05) is 25.1 Å². The summed E-state index contributed by atoms with van der Waals surface area (Å²) in [6.45, 7) is 4.93. The molecule has 5 nitrogen and oxygen atoms in total. The average molecular weight is 336 g/mol. The van der Waals surface area contributed by atoms with Crippen LogP contribution in [0, 0.1) is 5.92 Å². The van der Waals surface area contributed by atoms with Crippen LogP contribution in [0.3, 0.4) is 0 Å². The minimum Gasteiger partial charge on any atom is -0.341 e. The molecule has 0 bridgehead atoms. The zero-order chi connectivity index (χ0) is 17.2. The number of nitrogens with zero attached hydrogens (tertiary/aromatic N) is 4. The number of fused-ring (bicyclic) bond motifs is 1. The summed E-state index contributed by atoms with van der Waals surface area (Å²) in [6.07, 6.45) is 6.14. The maximum absolute atomic E-state index is 13.1. The highest BCUT2D eigenvalue weighted by Crippen LogP contribution is 2.28. The molecule has 1 atom stereocenters. The minimum atomic E-state index is -0.0270. The van der Waals surface area contributed by atoms with Crippen molar-refractivity contribution in [2.75, 3.05) is 29.4 Å². The van der Waals surface area contributed by atoms with Gasteiger partial charge in [-0.15, -0.1) is 0 Å². The predicted molar refractivity (Wildman–Crippen MR) is 99.1 cm³/mol. The second-order valence-electron chi connectivity index (χ2n) is 7.12. The molecule has 0 saturated carbocycles. The van der Waals surface area contributed by atoms with Crippen molar-refractivity contribution in [2.24, 2.45) is 5.92 Å². The predicted octanol–water partition coefficient (Wildman–Crippen LogP) is 3.31. The highest BCUT2D eigenvalue weighted by atomic mass is 16.2. The smallest absolute Gasteiger partial charge is 0.277 e. The van der Waals surface area contributed by atoms with E-state index in [1.54, 1.807) is 12.3 Å². The molecule has 1 amide bonds. The molecule has 0 spiro atoms. The lowest BCUT2D eigenvalue weighted by molar-refractivity contribution is 0.0980. The molecule has 25 heavy (non-hydrogen) atoms. The fourth-order valence-corrected chi connectivity index (χ4v) is 3.87. The lowest BCUT2D eigenvalue weighted by Crippen LogP contribution is -2.38. The zero-order valence-corrected chi connectivity index (χ0v) is 14.7. The molecule has 5 heteroatoms. The normalized spacial score (nSPS) is 20.3. The van der Waals surface area contributed by atoms with Gasteiger partial charge in [0.25, 0.3) is 5.91 Å². The van der Waals surface area contributed by atoms with E-state index in [9.17, 15) is 4.79 Å². The highest BCUT2D eigenvalue weighted by molar-refractivity contribution is 6.05. The molecule has 1 unspecified atom stereocenters. The van der Waals surface area contributed by atoms with Gasteiger partial charge in [0.2, 0.25) is 5.95 Å². The molecule has 1 saturated heterocycles. The van der Waals surface area contributed by atoms with Crippen LogP contribution in [-0.2, 0) is 6.42 Å². The molecule has 0 aliphatic carbocycles. The summed E-state index contributed by atoms with van der Waals surface area (Å²) in [5.74, 6) is 1.30. The maximum Gasteiger partial charge on any atom is 0.277 e. The van der Waals surface area contributed by atoms with E-state index in [1.165, 1.54) is 12.0 Å². The minimum absolute atomic E-state index is 0.0270. The van der Waals surface area contributed by atoms with Crippen LogP contribution < -0.4 is 9.80 Å². The van der Waals surface area contributed by atoms with E-state index < -0.39 is 0 Å². The van der Waals surface area contributed by atoms with Gasteiger partial charge in [-0.2, -0.15) is 0 Å². The molecule has 2 aromatic rings. The number of para-hydroxylation sites is 1. The Bertz CT molecular complexity index is 776. The molecule has 4 rings (SSSR count). The van der Waals surface area contributed by atoms with Crippen molar-refractivity contribution < 1.29 is 4.79 Å². The number of anilines is 2. The van der Waals surface area contributed by atoms with E-state index in [4.69, 9.17) is 0 Å². The van der Waals surface area contributed by atoms with Crippen molar-refractivity contribution in [3.63, 3.8) is 0 Å². The molecule has 2 aliphatic heterocycles. The van der Waals surface area contributed by atoms with Gasteiger partial charge in [0.1, 0.15) is 5.69 Å². The molecular formula is C20H24N4O. The summed E-state index contributed by atoms with van der Waals surface area (Å²) in [6, 6.07) is 9.89. The van der Waals surface area contributed by atoms with Crippen molar-refractivity contribution in [3.8, 4) is 0 Å². The fourth-order valence-electron chi connectivity index (χ4n) is 3.87. The SMILES string of the molecule is CC1CCCN(c2nccc(C(=O)N3CCCc4ccccc43)n2)C1. The Morgan fingerprint density at radius 1 is 1.16 bits per heavy atom. The molecule has 3 heterocycles. The van der Waals surface area contributed by atoms with Crippen LogP contribution in [0.25, 0.3) is 0 Å². The topological polar surface area (TPSA) is 49.3 Å². The van der Waals surface area contributed by atoms with Crippen molar-refractivity contribution in [3.05, 3.63) is 47.8 Å². The van der Waals surface area contributed by atoms with Crippen molar-refractivity contribution in [2.45, 2.75) is 32.6 Å². The fraction of sp³-hybridized carbons (Fsp3) is 0.450. The van der Waals surface area contributed by atoms with E-state index >= 15 is 0 Å². The Morgan fingerprint density at radius 3 is 2.92 bits per heavy atom. The first kappa shape index (κ1) is 16.1. The lowest BCUT2D eigenvalue weighted by Gasteiger charge is -2.31. The van der Waals surface area contributed by atoms with E-state index in [-0.39, 0.29) is 5.91 Å². The number of aryl methyl sites for hydroxylation is 1. The third-order valence-electron chi connectivity index (χ3n) is 5.16. The van der Waals surface area contributed by atoms with Crippen LogP contribution in [-0.4, -0.2) is 35.5 Å². The number of carbonyl (C=O) groups is 1. The summed E-state index contributed by atoms with van der Waals surface area (Å²) in [5.41, 5.74) is 2.74. The largest absolute Gasteiger partial charge is 0.341 e. The monoisotopic (exact) mass is 336 g/mol. The van der Waals surface area contributed by atoms with Gasteiger partial charge in [0.05, 0.1) is 0 Å². The second-order valence-corrected chi connectivity index (χ2v) is 7.12. The lowest BCUT2D eigenvalue weighted by atomic mass is 10.0. The Balaban J connectivity index is 1.60. The van der Waals surface area contributed by atoms with Crippen LogP contribution in [0.5, 0.6) is 0 Å². The van der Waals surface area contributed by atoms with Gasteiger partial charge >= 0.3 is 0 Å². The van der Waals surface area contributed by atoms with E-state index in [0.717, 1.165) is 44.6 Å². The number of carbonyl (C=O) groups excluding carboxylic acids is 1. The van der Waals surface area contributed by atoms with Gasteiger partial charge in [-0.25, -0.2) is 9.97 Å². The third kappa shape index (κ3) is 3.23. The molecule has 2 aliphatic rings. The average Bonchev–Trinajstić information content (AvgIpc) is 2.67. The maximum atomic E-state index is 13.1. The van der Waals surface area contributed by atoms with Crippen LogP contribution in [0.15, 0.2) is 36.5 Å². The van der Waals surface area contributed by atoms with Crippen molar-refractivity contribution in [1.29, 1.82) is 0 Å². The summed E-state index contributed by atoms with van der Waals surface area (Å²) < 4.78 is 0. The summed E-state index contributed by atoms with van der Waals surface area (Å²) >= 11 is 0. The van der Waals surface area contributed by atoms with Gasteiger partial charge in [-0.05, 0) is 49.3 Å².